The Morgan fingerprint density at radius 2 is 1.80 bits per heavy atom. The third-order valence-corrected chi connectivity index (χ3v) is 2.92. The molecule has 20 heavy (non-hydrogen) atoms. The van der Waals surface area contributed by atoms with Gasteiger partial charge in [-0.05, 0) is 29.8 Å². The molecule has 3 nitrogen and oxygen atoms in total. The Morgan fingerprint density at radius 3 is 2.40 bits per heavy atom. The summed E-state index contributed by atoms with van der Waals surface area (Å²) in [5.41, 5.74) is -0.685. The fourth-order valence-electron chi connectivity index (χ4n) is 1.53. The maximum atomic E-state index is 12.7. The fourth-order valence-corrected chi connectivity index (χ4v) is 1.91. The first-order valence-electron chi connectivity index (χ1n) is 5.27. The van der Waals surface area contributed by atoms with Crippen molar-refractivity contribution >= 4 is 23.2 Å². The van der Waals surface area contributed by atoms with Gasteiger partial charge in [0.2, 0.25) is 5.28 Å². The van der Waals surface area contributed by atoms with Crippen molar-refractivity contribution in [1.82, 2.24) is 9.97 Å². The predicted octanol–water partition coefficient (Wildman–Crippen LogP) is 4.48. The quantitative estimate of drug-likeness (QED) is 0.765. The molecule has 0 aliphatic rings. The summed E-state index contributed by atoms with van der Waals surface area (Å²) in [4.78, 5) is 6.94. The lowest BCUT2D eigenvalue weighted by Crippen LogP contribution is -2.09. The number of halogens is 5. The van der Waals surface area contributed by atoms with Crippen LogP contribution in [0, 0.1) is 0 Å². The van der Waals surface area contributed by atoms with E-state index in [0.29, 0.717) is 16.3 Å². The highest BCUT2D eigenvalue weighted by molar-refractivity contribution is 6.32. The van der Waals surface area contributed by atoms with Crippen molar-refractivity contribution in [2.75, 3.05) is 7.11 Å². The van der Waals surface area contributed by atoms with Crippen LogP contribution in [0.5, 0.6) is 5.75 Å². The highest BCUT2D eigenvalue weighted by Crippen LogP contribution is 2.33. The van der Waals surface area contributed by atoms with E-state index in [1.807, 2.05) is 0 Å². The van der Waals surface area contributed by atoms with E-state index in [9.17, 15) is 13.2 Å². The first-order valence-corrected chi connectivity index (χ1v) is 6.02. The molecule has 0 aliphatic heterocycles. The number of ether oxygens (including phenoxy) is 1. The minimum Gasteiger partial charge on any atom is -0.495 e. The SMILES string of the molecule is COc1cc(-c2cc(C(F)(F)F)nc(Cl)n2)ccc1Cl. The van der Waals surface area contributed by atoms with E-state index in [2.05, 4.69) is 9.97 Å². The van der Waals surface area contributed by atoms with Crippen LogP contribution in [0.4, 0.5) is 13.2 Å². The molecule has 1 heterocycles. The minimum atomic E-state index is -4.60. The molecule has 2 rings (SSSR count). The summed E-state index contributed by atoms with van der Waals surface area (Å²) in [6, 6.07) is 5.30. The third kappa shape index (κ3) is 3.13. The second-order valence-electron chi connectivity index (χ2n) is 3.75. The number of rotatable bonds is 2. The molecule has 0 N–H and O–H groups in total. The average Bonchev–Trinajstić information content (AvgIpc) is 2.37. The highest BCUT2D eigenvalue weighted by atomic mass is 35.5. The van der Waals surface area contributed by atoms with Crippen LogP contribution in [0.25, 0.3) is 11.3 Å². The molecule has 0 bridgehead atoms. The molecule has 0 atom stereocenters. The summed E-state index contributed by atoms with van der Waals surface area (Å²) < 4.78 is 43.0. The van der Waals surface area contributed by atoms with Gasteiger partial charge >= 0.3 is 6.18 Å². The first-order chi connectivity index (χ1) is 9.31. The number of nitrogens with zero attached hydrogens (tertiary/aromatic N) is 2. The van der Waals surface area contributed by atoms with Gasteiger partial charge in [-0.15, -0.1) is 0 Å². The number of hydrogen-bond donors (Lipinski definition) is 0. The molecule has 106 valence electrons. The second kappa shape index (κ2) is 5.46. The fraction of sp³-hybridized carbons (Fsp3) is 0.167. The Kier molecular flexibility index (Phi) is 4.06. The van der Waals surface area contributed by atoms with Crippen molar-refractivity contribution < 1.29 is 17.9 Å². The zero-order valence-corrected chi connectivity index (χ0v) is 11.5. The average molecular weight is 323 g/mol. The van der Waals surface area contributed by atoms with Crippen molar-refractivity contribution in [2.24, 2.45) is 0 Å². The molecule has 0 fully saturated rings. The number of hydrogen-bond acceptors (Lipinski definition) is 3. The molecule has 8 heteroatoms. The molecular formula is C12H7Cl2F3N2O. The monoisotopic (exact) mass is 322 g/mol. The molecule has 0 spiro atoms. The molecule has 1 aromatic carbocycles. The Morgan fingerprint density at radius 1 is 1.10 bits per heavy atom. The van der Waals surface area contributed by atoms with Crippen LogP contribution in [0.1, 0.15) is 5.69 Å². The van der Waals surface area contributed by atoms with Gasteiger partial charge < -0.3 is 4.74 Å². The van der Waals surface area contributed by atoms with Gasteiger partial charge in [-0.25, -0.2) is 9.97 Å². The van der Waals surface area contributed by atoms with Gasteiger partial charge in [-0.1, -0.05) is 17.7 Å². The molecule has 0 aliphatic carbocycles. The van der Waals surface area contributed by atoms with Gasteiger partial charge in [0.1, 0.15) is 11.4 Å². The van der Waals surface area contributed by atoms with Crippen molar-refractivity contribution in [2.45, 2.75) is 6.18 Å². The maximum Gasteiger partial charge on any atom is 0.433 e. The van der Waals surface area contributed by atoms with E-state index >= 15 is 0 Å². The van der Waals surface area contributed by atoms with Crippen molar-refractivity contribution in [1.29, 1.82) is 0 Å². The van der Waals surface area contributed by atoms with Crippen LogP contribution in [0.2, 0.25) is 10.3 Å². The normalized spacial score (nSPS) is 11.5. The number of methoxy groups -OCH3 is 1. The topological polar surface area (TPSA) is 35.0 Å². The van der Waals surface area contributed by atoms with E-state index in [1.165, 1.54) is 25.3 Å². The van der Waals surface area contributed by atoms with E-state index in [4.69, 9.17) is 27.9 Å². The number of alkyl halides is 3. The van der Waals surface area contributed by atoms with E-state index in [-0.39, 0.29) is 5.69 Å². The summed E-state index contributed by atoms with van der Waals surface area (Å²) >= 11 is 11.4. The van der Waals surface area contributed by atoms with Crippen molar-refractivity contribution in [3.05, 3.63) is 40.3 Å². The van der Waals surface area contributed by atoms with Gasteiger partial charge in [0, 0.05) is 5.56 Å². The van der Waals surface area contributed by atoms with Gasteiger partial charge in [0.15, 0.2) is 0 Å². The molecule has 0 saturated heterocycles. The summed E-state index contributed by atoms with van der Waals surface area (Å²) in [6.07, 6.45) is -4.60. The van der Waals surface area contributed by atoms with Crippen LogP contribution in [0.3, 0.4) is 0 Å². The van der Waals surface area contributed by atoms with Gasteiger partial charge in [-0.3, -0.25) is 0 Å². The predicted molar refractivity (Wildman–Crippen MR) is 69.0 cm³/mol. The molecule has 0 amide bonds. The van der Waals surface area contributed by atoms with Crippen LogP contribution in [0.15, 0.2) is 24.3 Å². The third-order valence-electron chi connectivity index (χ3n) is 2.44. The minimum absolute atomic E-state index is 0.0345. The molecule has 0 radical (unpaired) electrons. The number of benzene rings is 1. The van der Waals surface area contributed by atoms with Gasteiger partial charge in [0.25, 0.3) is 0 Å². The van der Waals surface area contributed by atoms with Crippen molar-refractivity contribution in [3.8, 4) is 17.0 Å². The first kappa shape index (κ1) is 14.9. The summed E-state index contributed by atoms with van der Waals surface area (Å²) in [7, 11) is 1.40. The van der Waals surface area contributed by atoms with Gasteiger partial charge in [0.05, 0.1) is 17.8 Å². The molecule has 2 aromatic rings. The zero-order valence-electron chi connectivity index (χ0n) is 10.0. The van der Waals surface area contributed by atoms with Crippen LogP contribution in [-0.4, -0.2) is 17.1 Å². The Labute approximate surface area is 122 Å². The van der Waals surface area contributed by atoms with E-state index in [0.717, 1.165) is 6.07 Å². The smallest absolute Gasteiger partial charge is 0.433 e. The highest BCUT2D eigenvalue weighted by Gasteiger charge is 2.33. The summed E-state index contributed by atoms with van der Waals surface area (Å²) in [5, 5.41) is -0.142. The lowest BCUT2D eigenvalue weighted by Gasteiger charge is -2.09. The Bertz CT molecular complexity index is 647. The number of aromatic nitrogens is 2. The largest absolute Gasteiger partial charge is 0.495 e. The second-order valence-corrected chi connectivity index (χ2v) is 4.50. The summed E-state index contributed by atoms with van der Waals surface area (Å²) in [5.74, 6) is 0.326. The zero-order chi connectivity index (χ0) is 14.9. The summed E-state index contributed by atoms with van der Waals surface area (Å²) in [6.45, 7) is 0. The standard InChI is InChI=1S/C12H7Cl2F3N2O/c1-20-9-4-6(2-3-7(9)13)8-5-10(12(15,16)17)19-11(14)18-8/h2-5H,1H3. The van der Waals surface area contributed by atoms with Gasteiger partial charge in [-0.2, -0.15) is 13.2 Å². The molecular weight excluding hydrogens is 316 g/mol. The lowest BCUT2D eigenvalue weighted by molar-refractivity contribution is -0.141. The van der Waals surface area contributed by atoms with Crippen LogP contribution >= 0.6 is 23.2 Å². The van der Waals surface area contributed by atoms with Crippen LogP contribution < -0.4 is 4.74 Å². The maximum absolute atomic E-state index is 12.7. The molecule has 0 unspecified atom stereocenters. The molecule has 1 aromatic heterocycles. The molecule has 0 saturated carbocycles. The van der Waals surface area contributed by atoms with Crippen LogP contribution in [-0.2, 0) is 6.18 Å². The van der Waals surface area contributed by atoms with Crippen molar-refractivity contribution in [3.63, 3.8) is 0 Å². The Balaban J connectivity index is 2.55. The van der Waals surface area contributed by atoms with E-state index in [1.54, 1.807) is 0 Å². The lowest BCUT2D eigenvalue weighted by atomic mass is 10.1. The Hall–Kier alpha value is -1.53. The van der Waals surface area contributed by atoms with E-state index < -0.39 is 17.2 Å².